The van der Waals surface area contributed by atoms with Crippen molar-refractivity contribution in [3.63, 3.8) is 0 Å². The van der Waals surface area contributed by atoms with Crippen LogP contribution in [-0.2, 0) is 29.1 Å². The van der Waals surface area contributed by atoms with Gasteiger partial charge in [-0.05, 0) is 29.8 Å². The van der Waals surface area contributed by atoms with Crippen LogP contribution in [0.3, 0.4) is 0 Å². The van der Waals surface area contributed by atoms with E-state index in [1.165, 1.54) is 6.92 Å². The van der Waals surface area contributed by atoms with E-state index in [1.807, 2.05) is 53.1 Å². The summed E-state index contributed by atoms with van der Waals surface area (Å²) in [7, 11) is 1.62. The first kappa shape index (κ1) is 19.4. The van der Waals surface area contributed by atoms with E-state index in [4.69, 9.17) is 4.74 Å². The maximum Gasteiger partial charge on any atom is 0.240 e. The second kappa shape index (κ2) is 9.03. The molecule has 3 aromatic rings. The number of para-hydroxylation sites is 2. The quantitative estimate of drug-likeness (QED) is 0.626. The molecule has 0 fully saturated rings. The highest BCUT2D eigenvalue weighted by molar-refractivity contribution is 5.81. The third-order valence-electron chi connectivity index (χ3n) is 4.41. The number of rotatable bonds is 8. The van der Waals surface area contributed by atoms with Crippen LogP contribution in [0.2, 0.25) is 0 Å². The maximum atomic E-state index is 12.5. The average Bonchev–Trinajstić information content (AvgIpc) is 3.04. The number of imidazole rings is 1. The number of carbonyl (C=O) groups is 2. The lowest BCUT2D eigenvalue weighted by molar-refractivity contribution is -0.122. The Morgan fingerprint density at radius 3 is 2.54 bits per heavy atom. The molecule has 3 rings (SSSR count). The van der Waals surface area contributed by atoms with E-state index in [1.54, 1.807) is 7.11 Å². The van der Waals surface area contributed by atoms with E-state index in [-0.39, 0.29) is 18.4 Å². The van der Waals surface area contributed by atoms with Gasteiger partial charge in [-0.25, -0.2) is 4.98 Å². The van der Waals surface area contributed by atoms with Crippen molar-refractivity contribution in [3.8, 4) is 5.75 Å². The van der Waals surface area contributed by atoms with Crippen molar-refractivity contribution >= 4 is 22.8 Å². The van der Waals surface area contributed by atoms with E-state index in [2.05, 4.69) is 15.6 Å². The van der Waals surface area contributed by atoms with Crippen molar-refractivity contribution in [1.82, 2.24) is 20.2 Å². The summed E-state index contributed by atoms with van der Waals surface area (Å²) in [5.74, 6) is 1.37. The first-order valence-electron chi connectivity index (χ1n) is 9.15. The highest BCUT2D eigenvalue weighted by atomic mass is 16.5. The van der Waals surface area contributed by atoms with Gasteiger partial charge in [0.15, 0.2) is 0 Å². The van der Waals surface area contributed by atoms with Gasteiger partial charge in [0.2, 0.25) is 11.8 Å². The summed E-state index contributed by atoms with van der Waals surface area (Å²) in [5, 5.41) is 5.71. The zero-order valence-electron chi connectivity index (χ0n) is 16.1. The Labute approximate surface area is 163 Å². The van der Waals surface area contributed by atoms with Crippen LogP contribution in [0.1, 0.15) is 18.3 Å². The molecule has 0 aliphatic rings. The summed E-state index contributed by atoms with van der Waals surface area (Å²) in [5.41, 5.74) is 2.73. The predicted molar refractivity (Wildman–Crippen MR) is 107 cm³/mol. The standard InChI is InChI=1S/C21H24N4O3/c1-15(26)22-12-11-20-24-18-5-3-4-6-19(18)25(20)14-21(27)23-13-16-7-9-17(28-2)10-8-16/h3-10H,11-14H2,1-2H3,(H,22,26)(H,23,27). The van der Waals surface area contributed by atoms with Crippen molar-refractivity contribution in [2.45, 2.75) is 26.4 Å². The van der Waals surface area contributed by atoms with Gasteiger partial charge in [0.25, 0.3) is 0 Å². The third kappa shape index (κ3) is 4.88. The molecule has 0 saturated carbocycles. The molecule has 0 spiro atoms. The van der Waals surface area contributed by atoms with Crippen molar-refractivity contribution in [1.29, 1.82) is 0 Å². The molecule has 0 radical (unpaired) electrons. The number of ether oxygens (including phenoxy) is 1. The van der Waals surface area contributed by atoms with Crippen molar-refractivity contribution < 1.29 is 14.3 Å². The minimum atomic E-state index is -0.0975. The second-order valence-corrected chi connectivity index (χ2v) is 6.46. The Morgan fingerprint density at radius 2 is 1.82 bits per heavy atom. The van der Waals surface area contributed by atoms with Gasteiger partial charge in [-0.2, -0.15) is 0 Å². The van der Waals surface area contributed by atoms with E-state index < -0.39 is 0 Å². The fourth-order valence-electron chi connectivity index (χ4n) is 2.99. The Balaban J connectivity index is 1.68. The smallest absolute Gasteiger partial charge is 0.240 e. The molecule has 0 saturated heterocycles. The van der Waals surface area contributed by atoms with Crippen LogP contribution in [0, 0.1) is 0 Å². The lowest BCUT2D eigenvalue weighted by atomic mass is 10.2. The Morgan fingerprint density at radius 1 is 1.07 bits per heavy atom. The number of fused-ring (bicyclic) bond motifs is 1. The van der Waals surface area contributed by atoms with Gasteiger partial charge in [0.05, 0.1) is 18.1 Å². The highest BCUT2D eigenvalue weighted by Crippen LogP contribution is 2.16. The normalized spacial score (nSPS) is 10.6. The van der Waals surface area contributed by atoms with Gasteiger partial charge in [0, 0.05) is 26.4 Å². The molecule has 2 amide bonds. The first-order valence-corrected chi connectivity index (χ1v) is 9.15. The largest absolute Gasteiger partial charge is 0.497 e. The van der Waals surface area contributed by atoms with Crippen LogP contribution in [0.15, 0.2) is 48.5 Å². The lowest BCUT2D eigenvalue weighted by Gasteiger charge is -2.11. The van der Waals surface area contributed by atoms with Gasteiger partial charge in [-0.3, -0.25) is 9.59 Å². The number of hydrogen-bond acceptors (Lipinski definition) is 4. The molecule has 7 nitrogen and oxygen atoms in total. The van der Waals surface area contributed by atoms with Crippen molar-refractivity contribution in [2.24, 2.45) is 0 Å². The fraction of sp³-hybridized carbons (Fsp3) is 0.286. The molecule has 7 heteroatoms. The SMILES string of the molecule is COc1ccc(CNC(=O)Cn2c(CCNC(C)=O)nc3ccccc32)cc1. The fourth-order valence-corrected chi connectivity index (χ4v) is 2.99. The van der Waals surface area contributed by atoms with Gasteiger partial charge < -0.3 is 19.9 Å². The zero-order chi connectivity index (χ0) is 19.9. The molecule has 28 heavy (non-hydrogen) atoms. The third-order valence-corrected chi connectivity index (χ3v) is 4.41. The van der Waals surface area contributed by atoms with E-state index in [0.717, 1.165) is 28.2 Å². The number of hydrogen-bond donors (Lipinski definition) is 2. The molecule has 2 N–H and O–H groups in total. The van der Waals surface area contributed by atoms with E-state index >= 15 is 0 Å². The van der Waals surface area contributed by atoms with Crippen molar-refractivity contribution in [2.75, 3.05) is 13.7 Å². The lowest BCUT2D eigenvalue weighted by Crippen LogP contribution is -2.29. The summed E-state index contributed by atoms with van der Waals surface area (Å²) < 4.78 is 7.05. The monoisotopic (exact) mass is 380 g/mol. The summed E-state index contributed by atoms with van der Waals surface area (Å²) in [6.45, 7) is 2.57. The highest BCUT2D eigenvalue weighted by Gasteiger charge is 2.13. The van der Waals surface area contributed by atoms with E-state index in [0.29, 0.717) is 19.5 Å². The van der Waals surface area contributed by atoms with Gasteiger partial charge in [0.1, 0.15) is 18.1 Å². The number of amides is 2. The molecule has 0 unspecified atom stereocenters. The average molecular weight is 380 g/mol. The summed E-state index contributed by atoms with van der Waals surface area (Å²) in [6.07, 6.45) is 0.556. The minimum Gasteiger partial charge on any atom is -0.497 e. The van der Waals surface area contributed by atoms with Crippen LogP contribution >= 0.6 is 0 Å². The Bertz CT molecular complexity index is 963. The van der Waals surface area contributed by atoms with Gasteiger partial charge in [-0.15, -0.1) is 0 Å². The molecule has 0 bridgehead atoms. The molecule has 0 aliphatic carbocycles. The number of aromatic nitrogens is 2. The Hall–Kier alpha value is -3.35. The Kier molecular flexibility index (Phi) is 6.26. The molecular weight excluding hydrogens is 356 g/mol. The van der Waals surface area contributed by atoms with Gasteiger partial charge >= 0.3 is 0 Å². The van der Waals surface area contributed by atoms with Crippen LogP contribution in [-0.4, -0.2) is 35.0 Å². The minimum absolute atomic E-state index is 0.0834. The summed E-state index contributed by atoms with van der Waals surface area (Å²) in [6, 6.07) is 15.3. The molecule has 0 atom stereocenters. The van der Waals surface area contributed by atoms with Crippen LogP contribution < -0.4 is 15.4 Å². The summed E-state index contributed by atoms with van der Waals surface area (Å²) in [4.78, 5) is 28.3. The van der Waals surface area contributed by atoms with E-state index in [9.17, 15) is 9.59 Å². The number of methoxy groups -OCH3 is 1. The molecule has 0 aliphatic heterocycles. The summed E-state index contributed by atoms with van der Waals surface area (Å²) >= 11 is 0. The van der Waals surface area contributed by atoms with Crippen molar-refractivity contribution in [3.05, 3.63) is 59.9 Å². The second-order valence-electron chi connectivity index (χ2n) is 6.46. The number of nitrogens with one attached hydrogen (secondary N) is 2. The van der Waals surface area contributed by atoms with Crippen LogP contribution in [0.5, 0.6) is 5.75 Å². The van der Waals surface area contributed by atoms with Crippen LogP contribution in [0.4, 0.5) is 0 Å². The maximum absolute atomic E-state index is 12.5. The first-order chi connectivity index (χ1) is 13.6. The number of nitrogens with zero attached hydrogens (tertiary/aromatic N) is 2. The molecule has 146 valence electrons. The zero-order valence-corrected chi connectivity index (χ0v) is 16.1. The predicted octanol–water partition coefficient (Wildman–Crippen LogP) is 2.04. The van der Waals surface area contributed by atoms with Gasteiger partial charge in [-0.1, -0.05) is 24.3 Å². The molecule has 1 heterocycles. The number of carbonyl (C=O) groups excluding carboxylic acids is 2. The number of benzene rings is 2. The molecule has 1 aromatic heterocycles. The molecular formula is C21H24N4O3. The van der Waals surface area contributed by atoms with Crippen LogP contribution in [0.25, 0.3) is 11.0 Å². The molecule has 2 aromatic carbocycles. The topological polar surface area (TPSA) is 85.2 Å².